The SMILES string of the molecule is C[C@@H]1CCCC[C@@H]1Oc1ccc(CN2Cc3ccc(-c4ncc(N5CCC(=O)NC5=O)n4C)cc3C2)cc1. The van der Waals surface area contributed by atoms with E-state index in [1.54, 1.807) is 11.1 Å². The number of urea groups is 1. The summed E-state index contributed by atoms with van der Waals surface area (Å²) in [6.07, 6.45) is 7.34. The van der Waals surface area contributed by atoms with E-state index in [1.807, 2.05) is 11.6 Å². The van der Waals surface area contributed by atoms with E-state index in [2.05, 4.69) is 64.6 Å². The van der Waals surface area contributed by atoms with E-state index >= 15 is 0 Å². The van der Waals surface area contributed by atoms with Crippen molar-refractivity contribution in [2.75, 3.05) is 11.4 Å². The van der Waals surface area contributed by atoms with E-state index in [0.29, 0.717) is 24.4 Å². The van der Waals surface area contributed by atoms with Gasteiger partial charge in [0.1, 0.15) is 23.5 Å². The van der Waals surface area contributed by atoms with Gasteiger partial charge in [0.05, 0.1) is 6.20 Å². The van der Waals surface area contributed by atoms with Crippen molar-refractivity contribution >= 4 is 17.8 Å². The Morgan fingerprint density at radius 3 is 2.61 bits per heavy atom. The average molecular weight is 514 g/mol. The molecule has 2 aromatic carbocycles. The van der Waals surface area contributed by atoms with Crippen molar-refractivity contribution < 1.29 is 14.3 Å². The first-order valence-corrected chi connectivity index (χ1v) is 13.7. The molecule has 1 aromatic heterocycles. The zero-order valence-electron chi connectivity index (χ0n) is 22.2. The van der Waals surface area contributed by atoms with Crippen LogP contribution in [-0.2, 0) is 31.5 Å². The van der Waals surface area contributed by atoms with E-state index in [1.165, 1.54) is 36.0 Å². The topological polar surface area (TPSA) is 79.7 Å². The Bertz CT molecular complexity index is 1350. The smallest absolute Gasteiger partial charge is 0.329 e. The average Bonchev–Trinajstić information content (AvgIpc) is 3.48. The molecule has 3 aromatic rings. The number of fused-ring (bicyclic) bond motifs is 1. The minimum absolute atomic E-state index is 0.241. The standard InChI is InChI=1S/C30H35N5O3/c1-20-5-3-4-6-26(20)38-25-11-7-21(8-12-25)17-34-18-23-10-9-22(15-24(23)19-34)29-31-16-28(33(29)2)35-14-13-27(36)32-30(35)37/h7-12,15-16,20,26H,3-6,13-14,17-19H2,1-2H3,(H,32,36,37)/t20-,26+/m1/s1. The van der Waals surface area contributed by atoms with Crippen LogP contribution in [0.5, 0.6) is 5.75 Å². The lowest BCUT2D eigenvalue weighted by Crippen LogP contribution is -2.50. The zero-order chi connectivity index (χ0) is 26.2. The van der Waals surface area contributed by atoms with Crippen molar-refractivity contribution in [3.8, 4) is 17.1 Å². The summed E-state index contributed by atoms with van der Waals surface area (Å²) in [5.41, 5.74) is 4.95. The fourth-order valence-corrected chi connectivity index (χ4v) is 5.98. The number of hydrogen-bond donors (Lipinski definition) is 1. The predicted octanol–water partition coefficient (Wildman–Crippen LogP) is 5.01. The Morgan fingerprint density at radius 1 is 1.03 bits per heavy atom. The zero-order valence-corrected chi connectivity index (χ0v) is 22.2. The number of carbonyl (C=O) groups excluding carboxylic acids is 2. The number of benzene rings is 2. The van der Waals surface area contributed by atoms with Gasteiger partial charge in [-0.1, -0.05) is 37.6 Å². The van der Waals surface area contributed by atoms with E-state index in [-0.39, 0.29) is 12.3 Å². The van der Waals surface area contributed by atoms with Crippen LogP contribution in [0.3, 0.4) is 0 Å². The second-order valence-corrected chi connectivity index (χ2v) is 10.9. The molecule has 2 atom stereocenters. The molecule has 3 amide bonds. The minimum atomic E-state index is -0.400. The third kappa shape index (κ3) is 4.92. The number of carbonyl (C=O) groups is 2. The van der Waals surface area contributed by atoms with Crippen LogP contribution < -0.4 is 15.0 Å². The second-order valence-electron chi connectivity index (χ2n) is 10.9. The summed E-state index contributed by atoms with van der Waals surface area (Å²) in [6, 6.07) is 14.7. The number of aromatic nitrogens is 2. The van der Waals surface area contributed by atoms with Gasteiger partial charge >= 0.3 is 6.03 Å². The maximum Gasteiger partial charge on any atom is 0.329 e. The van der Waals surface area contributed by atoms with E-state index in [4.69, 9.17) is 4.74 Å². The lowest BCUT2D eigenvalue weighted by molar-refractivity contribution is -0.120. The van der Waals surface area contributed by atoms with Gasteiger partial charge in [0.25, 0.3) is 0 Å². The van der Waals surface area contributed by atoms with Crippen LogP contribution >= 0.6 is 0 Å². The molecule has 1 saturated heterocycles. The van der Waals surface area contributed by atoms with Gasteiger partial charge in [0, 0.05) is 45.2 Å². The molecule has 198 valence electrons. The summed E-state index contributed by atoms with van der Waals surface area (Å²) >= 11 is 0. The fourth-order valence-electron chi connectivity index (χ4n) is 5.98. The van der Waals surface area contributed by atoms with Crippen molar-refractivity contribution in [1.82, 2.24) is 19.8 Å². The minimum Gasteiger partial charge on any atom is -0.490 e. The largest absolute Gasteiger partial charge is 0.490 e. The van der Waals surface area contributed by atoms with Crippen LogP contribution in [0, 0.1) is 5.92 Å². The molecule has 0 unspecified atom stereocenters. The van der Waals surface area contributed by atoms with Crippen LogP contribution in [-0.4, -0.2) is 39.0 Å². The van der Waals surface area contributed by atoms with Crippen molar-refractivity contribution in [1.29, 1.82) is 0 Å². The molecule has 8 nitrogen and oxygen atoms in total. The summed E-state index contributed by atoms with van der Waals surface area (Å²) in [7, 11) is 1.91. The molecule has 2 fully saturated rings. The summed E-state index contributed by atoms with van der Waals surface area (Å²) < 4.78 is 8.22. The van der Waals surface area contributed by atoms with Gasteiger partial charge in [0.2, 0.25) is 5.91 Å². The summed E-state index contributed by atoms with van der Waals surface area (Å²) in [5, 5.41) is 2.38. The molecule has 2 aliphatic heterocycles. The number of ether oxygens (including phenoxy) is 1. The van der Waals surface area contributed by atoms with Crippen molar-refractivity contribution in [3.63, 3.8) is 0 Å². The lowest BCUT2D eigenvalue weighted by atomic mass is 9.88. The first kappa shape index (κ1) is 24.7. The molecule has 1 aliphatic carbocycles. The highest BCUT2D eigenvalue weighted by Crippen LogP contribution is 2.32. The summed E-state index contributed by atoms with van der Waals surface area (Å²) in [4.78, 5) is 32.5. The Balaban J connectivity index is 1.10. The summed E-state index contributed by atoms with van der Waals surface area (Å²) in [6.45, 7) is 5.35. The molecule has 8 heteroatoms. The molecule has 0 bridgehead atoms. The van der Waals surface area contributed by atoms with E-state index < -0.39 is 6.03 Å². The van der Waals surface area contributed by atoms with E-state index in [9.17, 15) is 9.59 Å². The molecule has 1 N–H and O–H groups in total. The number of hydrogen-bond acceptors (Lipinski definition) is 5. The normalized spacial score (nSPS) is 21.9. The molecular formula is C30H35N5O3. The van der Waals surface area contributed by atoms with Crippen molar-refractivity contribution in [2.24, 2.45) is 13.0 Å². The van der Waals surface area contributed by atoms with Gasteiger partial charge in [-0.2, -0.15) is 0 Å². The number of amides is 3. The maximum atomic E-state index is 12.3. The molecule has 6 rings (SSSR count). The number of nitrogens with zero attached hydrogens (tertiary/aromatic N) is 4. The fraction of sp³-hybridized carbons (Fsp3) is 0.433. The van der Waals surface area contributed by atoms with Crippen LogP contribution in [0.4, 0.5) is 10.6 Å². The van der Waals surface area contributed by atoms with Gasteiger partial charge in [0.15, 0.2) is 0 Å². The van der Waals surface area contributed by atoms with Crippen LogP contribution in [0.2, 0.25) is 0 Å². The van der Waals surface area contributed by atoms with E-state index in [0.717, 1.165) is 43.2 Å². The van der Waals surface area contributed by atoms with Crippen LogP contribution in [0.1, 0.15) is 55.7 Å². The van der Waals surface area contributed by atoms with Crippen molar-refractivity contribution in [2.45, 2.75) is 64.8 Å². The molecule has 0 spiro atoms. The predicted molar refractivity (Wildman–Crippen MR) is 146 cm³/mol. The monoisotopic (exact) mass is 513 g/mol. The number of rotatable bonds is 6. The molecule has 38 heavy (non-hydrogen) atoms. The maximum absolute atomic E-state index is 12.3. The quantitative estimate of drug-likeness (QED) is 0.502. The van der Waals surface area contributed by atoms with Crippen LogP contribution in [0.15, 0.2) is 48.7 Å². The van der Waals surface area contributed by atoms with Gasteiger partial charge in [-0.15, -0.1) is 0 Å². The van der Waals surface area contributed by atoms with Crippen molar-refractivity contribution in [3.05, 3.63) is 65.4 Å². The number of anilines is 1. The molecule has 3 aliphatic rings. The van der Waals surface area contributed by atoms with Gasteiger partial charge < -0.3 is 9.30 Å². The highest BCUT2D eigenvalue weighted by atomic mass is 16.5. The highest BCUT2D eigenvalue weighted by molar-refractivity contribution is 6.05. The Hall–Kier alpha value is -3.65. The Labute approximate surface area is 223 Å². The highest BCUT2D eigenvalue weighted by Gasteiger charge is 2.28. The Kier molecular flexibility index (Phi) is 6.66. The lowest BCUT2D eigenvalue weighted by Gasteiger charge is -2.29. The summed E-state index contributed by atoms with van der Waals surface area (Å²) in [5.74, 6) is 2.84. The first-order chi connectivity index (χ1) is 18.4. The second kappa shape index (κ2) is 10.3. The third-order valence-electron chi connectivity index (χ3n) is 8.20. The van der Waals surface area contributed by atoms with Crippen LogP contribution in [0.25, 0.3) is 11.4 Å². The molecule has 1 saturated carbocycles. The Morgan fingerprint density at radius 2 is 1.82 bits per heavy atom. The molecule has 3 heterocycles. The number of imide groups is 1. The van der Waals surface area contributed by atoms with Gasteiger partial charge in [-0.3, -0.25) is 19.9 Å². The molecule has 0 radical (unpaired) electrons. The first-order valence-electron chi connectivity index (χ1n) is 13.7. The molecular weight excluding hydrogens is 478 g/mol. The number of nitrogens with one attached hydrogen (secondary N) is 1. The van der Waals surface area contributed by atoms with Gasteiger partial charge in [-0.05, 0) is 60.1 Å². The van der Waals surface area contributed by atoms with Gasteiger partial charge in [-0.25, -0.2) is 9.78 Å². The number of imidazole rings is 1. The third-order valence-corrected chi connectivity index (χ3v) is 8.20.